The van der Waals surface area contributed by atoms with Crippen LogP contribution in [0.5, 0.6) is 5.75 Å². The van der Waals surface area contributed by atoms with Gasteiger partial charge in [0.1, 0.15) is 18.1 Å². The van der Waals surface area contributed by atoms with Crippen LogP contribution in [-0.2, 0) is 16.7 Å². The summed E-state index contributed by atoms with van der Waals surface area (Å²) in [6.07, 6.45) is 2.11. The van der Waals surface area contributed by atoms with E-state index in [9.17, 15) is 5.11 Å². The molecule has 0 spiro atoms. The molecule has 0 aliphatic carbocycles. The second-order valence-corrected chi connectivity index (χ2v) is 9.45. The maximum atomic E-state index is 10.4. The van der Waals surface area contributed by atoms with E-state index in [2.05, 4.69) is 39.5 Å². The summed E-state index contributed by atoms with van der Waals surface area (Å²) in [4.78, 5) is 5.24. The zero-order valence-corrected chi connectivity index (χ0v) is 21.1. The molecule has 2 rings (SSSR count). The highest BCUT2D eigenvalue weighted by molar-refractivity contribution is 5.56. The topological polar surface area (TPSA) is 55.1 Å². The normalized spacial score (nSPS) is 13.2. The maximum Gasteiger partial charge on any atom is 0.152 e. The van der Waals surface area contributed by atoms with Gasteiger partial charge in [0.2, 0.25) is 0 Å². The van der Waals surface area contributed by atoms with Gasteiger partial charge in [0.05, 0.1) is 24.3 Å². The first-order chi connectivity index (χ1) is 15.0. The number of aryl methyl sites for hydroxylation is 1. The molecule has 0 amide bonds. The van der Waals surface area contributed by atoms with E-state index in [4.69, 9.17) is 14.0 Å². The van der Waals surface area contributed by atoms with Crippen molar-refractivity contribution in [3.8, 4) is 5.75 Å². The lowest BCUT2D eigenvalue weighted by atomic mass is 9.73. The Bertz CT molecular complexity index is 889. The van der Waals surface area contributed by atoms with Crippen molar-refractivity contribution in [2.75, 3.05) is 20.8 Å². The first-order valence-corrected chi connectivity index (χ1v) is 11.6. The van der Waals surface area contributed by atoms with E-state index in [0.717, 1.165) is 36.3 Å². The second-order valence-electron chi connectivity index (χ2n) is 9.45. The van der Waals surface area contributed by atoms with Crippen LogP contribution in [0.2, 0.25) is 0 Å². The summed E-state index contributed by atoms with van der Waals surface area (Å²) in [7, 11) is 3.41. The summed E-state index contributed by atoms with van der Waals surface area (Å²) in [5, 5.41) is 12.0. The van der Waals surface area contributed by atoms with Crippen molar-refractivity contribution in [2.45, 2.75) is 72.3 Å². The van der Waals surface area contributed by atoms with Crippen molar-refractivity contribution in [3.05, 3.63) is 59.6 Å². The predicted octanol–water partition coefficient (Wildman–Crippen LogP) is 6.20. The Kier molecular flexibility index (Phi) is 8.60. The number of rotatable bonds is 11. The number of furan rings is 1. The number of aliphatic hydroxyl groups excluding tert-OH is 1. The molecule has 1 heterocycles. The number of hydrogen-bond acceptors (Lipinski definition) is 5. The lowest BCUT2D eigenvalue weighted by molar-refractivity contribution is -0.0537. The molecule has 0 bridgehead atoms. The Labute approximate surface area is 194 Å². The highest BCUT2D eigenvalue weighted by atomic mass is 16.7. The molecule has 0 saturated heterocycles. The number of aliphatic hydroxyl groups is 1. The lowest BCUT2D eigenvalue weighted by Crippen LogP contribution is -2.32. The number of nitrogens with zero attached hydrogens (tertiary/aromatic N) is 1. The van der Waals surface area contributed by atoms with Crippen molar-refractivity contribution in [1.82, 2.24) is 5.06 Å². The number of ether oxygens (including phenoxy) is 1. The van der Waals surface area contributed by atoms with Crippen molar-refractivity contribution >= 4 is 5.70 Å². The number of hydroxylamine groups is 2. The highest BCUT2D eigenvalue weighted by Crippen LogP contribution is 2.42. The van der Waals surface area contributed by atoms with Gasteiger partial charge in [-0.2, -0.15) is 0 Å². The number of hydrogen-bond donors (Lipinski definition) is 1. The average molecular weight is 444 g/mol. The van der Waals surface area contributed by atoms with E-state index < -0.39 is 6.10 Å². The lowest BCUT2D eigenvalue weighted by Gasteiger charge is -2.31. The molecule has 1 aromatic heterocycles. The minimum absolute atomic E-state index is 0.218. The van der Waals surface area contributed by atoms with Crippen LogP contribution in [0.15, 0.2) is 41.3 Å². The Morgan fingerprint density at radius 1 is 1.12 bits per heavy atom. The van der Waals surface area contributed by atoms with Gasteiger partial charge in [-0.05, 0) is 54.0 Å². The fourth-order valence-electron chi connectivity index (χ4n) is 3.88. The molecule has 1 unspecified atom stereocenters. The van der Waals surface area contributed by atoms with Crippen molar-refractivity contribution in [2.24, 2.45) is 5.41 Å². The summed E-state index contributed by atoms with van der Waals surface area (Å²) in [6.45, 7) is 16.9. The van der Waals surface area contributed by atoms with Gasteiger partial charge < -0.3 is 14.3 Å². The molecule has 178 valence electrons. The molecule has 0 fully saturated rings. The molecule has 0 aliphatic heterocycles. The largest absolute Gasteiger partial charge is 0.491 e. The van der Waals surface area contributed by atoms with Gasteiger partial charge in [0.15, 0.2) is 5.76 Å². The second kappa shape index (κ2) is 10.6. The van der Waals surface area contributed by atoms with Gasteiger partial charge in [-0.25, -0.2) is 0 Å². The zero-order valence-electron chi connectivity index (χ0n) is 21.1. The third-order valence-electron chi connectivity index (χ3n) is 6.61. The minimum atomic E-state index is -0.530. The molecule has 5 nitrogen and oxygen atoms in total. The van der Waals surface area contributed by atoms with Gasteiger partial charge in [0.25, 0.3) is 0 Å². The van der Waals surface area contributed by atoms with Crippen LogP contribution < -0.4 is 4.74 Å². The molecule has 0 radical (unpaired) electrons. The summed E-state index contributed by atoms with van der Waals surface area (Å²) < 4.78 is 12.3. The number of benzene rings is 1. The zero-order chi connectivity index (χ0) is 24.1. The van der Waals surface area contributed by atoms with E-state index in [1.54, 1.807) is 19.2 Å². The summed E-state index contributed by atoms with van der Waals surface area (Å²) >= 11 is 0. The van der Waals surface area contributed by atoms with E-state index >= 15 is 0 Å². The summed E-state index contributed by atoms with van der Waals surface area (Å²) in [6, 6.07) is 10.4. The SMILES string of the molecule is C=C(c1ccc(C(CC)(CC)c2ccc(OCC(O)C(C)(C)C)c(CC)c2)o1)N(C)OC. The van der Waals surface area contributed by atoms with Crippen LogP contribution in [-0.4, -0.2) is 37.0 Å². The molecule has 1 aromatic carbocycles. The highest BCUT2D eigenvalue weighted by Gasteiger charge is 2.35. The van der Waals surface area contributed by atoms with Crippen LogP contribution in [0.1, 0.15) is 77.0 Å². The van der Waals surface area contributed by atoms with E-state index in [1.165, 1.54) is 5.56 Å². The van der Waals surface area contributed by atoms with Crippen molar-refractivity contribution in [3.63, 3.8) is 0 Å². The Morgan fingerprint density at radius 2 is 1.78 bits per heavy atom. The Hall–Kier alpha value is -2.24. The fraction of sp³-hybridized carbons (Fsp3) is 0.556. The predicted molar refractivity (Wildman–Crippen MR) is 131 cm³/mol. The summed E-state index contributed by atoms with van der Waals surface area (Å²) in [5.41, 5.74) is 2.54. The molecule has 32 heavy (non-hydrogen) atoms. The van der Waals surface area contributed by atoms with Crippen LogP contribution in [0.4, 0.5) is 0 Å². The first kappa shape index (κ1) is 26.0. The van der Waals surface area contributed by atoms with Crippen LogP contribution in [0.3, 0.4) is 0 Å². The van der Waals surface area contributed by atoms with Crippen LogP contribution in [0.25, 0.3) is 5.70 Å². The monoisotopic (exact) mass is 443 g/mol. The van der Waals surface area contributed by atoms with Crippen molar-refractivity contribution < 1.29 is 19.1 Å². The maximum absolute atomic E-state index is 10.4. The first-order valence-electron chi connectivity index (χ1n) is 11.6. The fourth-order valence-corrected chi connectivity index (χ4v) is 3.88. The van der Waals surface area contributed by atoms with Crippen molar-refractivity contribution in [1.29, 1.82) is 0 Å². The molecule has 2 aromatic rings. The molecule has 0 saturated carbocycles. The van der Waals surface area contributed by atoms with E-state index in [0.29, 0.717) is 11.5 Å². The molecule has 0 aliphatic rings. The molecule has 1 atom stereocenters. The van der Waals surface area contributed by atoms with Crippen LogP contribution >= 0.6 is 0 Å². The third-order valence-corrected chi connectivity index (χ3v) is 6.61. The van der Waals surface area contributed by atoms with Gasteiger partial charge >= 0.3 is 0 Å². The molecule has 5 heteroatoms. The third kappa shape index (κ3) is 5.38. The molecular formula is C27H41NO4. The van der Waals surface area contributed by atoms with E-state index in [-0.39, 0.29) is 17.4 Å². The standard InChI is InChI=1S/C27H41NO4/c1-10-20-17-21(13-14-23(20)31-18-24(29)26(5,6)7)27(11-2,12-3)25-16-15-22(32-25)19(4)28(8)30-9/h13-17,24,29H,4,10-12,18H2,1-3,5-9H3. The summed E-state index contributed by atoms with van der Waals surface area (Å²) in [5.74, 6) is 2.44. The van der Waals surface area contributed by atoms with Gasteiger partial charge in [-0.1, -0.05) is 60.3 Å². The Morgan fingerprint density at radius 3 is 2.31 bits per heavy atom. The van der Waals surface area contributed by atoms with Gasteiger partial charge in [-0.3, -0.25) is 9.90 Å². The van der Waals surface area contributed by atoms with Crippen LogP contribution in [0, 0.1) is 5.41 Å². The van der Waals surface area contributed by atoms with E-state index in [1.807, 2.05) is 39.0 Å². The Balaban J connectivity index is 2.39. The molecular weight excluding hydrogens is 402 g/mol. The average Bonchev–Trinajstić information content (AvgIpc) is 3.27. The van der Waals surface area contributed by atoms with Gasteiger partial charge in [0, 0.05) is 7.05 Å². The quantitative estimate of drug-likeness (QED) is 0.419. The minimum Gasteiger partial charge on any atom is -0.491 e. The van der Waals surface area contributed by atoms with Gasteiger partial charge in [-0.15, -0.1) is 0 Å². The smallest absolute Gasteiger partial charge is 0.152 e. The molecule has 1 N–H and O–H groups in total.